The van der Waals surface area contributed by atoms with Gasteiger partial charge in [0.2, 0.25) is 0 Å². The van der Waals surface area contributed by atoms with Crippen LogP contribution in [0.3, 0.4) is 0 Å². The van der Waals surface area contributed by atoms with Crippen molar-refractivity contribution in [3.63, 3.8) is 0 Å². The van der Waals surface area contributed by atoms with Gasteiger partial charge >= 0.3 is 0 Å². The Labute approximate surface area is 165 Å². The number of benzene rings is 1. The molecule has 2 aliphatic rings. The summed E-state index contributed by atoms with van der Waals surface area (Å²) >= 11 is 1.76. The van der Waals surface area contributed by atoms with Crippen molar-refractivity contribution in [3.05, 3.63) is 35.3 Å². The van der Waals surface area contributed by atoms with Gasteiger partial charge in [0.25, 0.3) is 0 Å². The molecule has 0 saturated carbocycles. The van der Waals surface area contributed by atoms with Gasteiger partial charge in [-0.25, -0.2) is 4.98 Å². The standard InChI is InChI=1S/C20H28N4O2S/c1-25-19-6-3-2-5-18(19)23-8-4-7-22(9-10-23)15-17-16-27-20(21-17)24-11-13-26-14-12-24/h2-3,5-6,16H,4,7-15H2,1H3. The fourth-order valence-corrected chi connectivity index (χ4v) is 4.63. The minimum atomic E-state index is 0.805. The van der Waals surface area contributed by atoms with E-state index in [1.54, 1.807) is 18.4 Å². The van der Waals surface area contributed by atoms with E-state index in [4.69, 9.17) is 14.5 Å². The van der Waals surface area contributed by atoms with E-state index >= 15 is 0 Å². The number of nitrogens with zero attached hydrogens (tertiary/aromatic N) is 4. The lowest BCUT2D eigenvalue weighted by atomic mass is 10.2. The summed E-state index contributed by atoms with van der Waals surface area (Å²) in [5.41, 5.74) is 2.39. The molecule has 6 nitrogen and oxygen atoms in total. The average Bonchev–Trinajstić information content (AvgIpc) is 3.07. The molecule has 146 valence electrons. The van der Waals surface area contributed by atoms with Gasteiger partial charge < -0.3 is 19.3 Å². The van der Waals surface area contributed by atoms with Crippen molar-refractivity contribution in [2.75, 3.05) is 69.4 Å². The van der Waals surface area contributed by atoms with Gasteiger partial charge in [0.15, 0.2) is 5.13 Å². The Kier molecular flexibility index (Phi) is 6.11. The van der Waals surface area contributed by atoms with Crippen LogP contribution in [0.25, 0.3) is 0 Å². The molecule has 2 aromatic rings. The second kappa shape index (κ2) is 8.91. The molecule has 1 aromatic heterocycles. The van der Waals surface area contributed by atoms with Crippen molar-refractivity contribution in [1.29, 1.82) is 0 Å². The maximum atomic E-state index is 5.54. The highest BCUT2D eigenvalue weighted by Crippen LogP contribution is 2.29. The number of anilines is 2. The molecule has 0 bridgehead atoms. The van der Waals surface area contributed by atoms with Crippen LogP contribution in [0.5, 0.6) is 5.75 Å². The van der Waals surface area contributed by atoms with Gasteiger partial charge in [-0.15, -0.1) is 11.3 Å². The van der Waals surface area contributed by atoms with Gasteiger partial charge in [0.05, 0.1) is 31.7 Å². The molecule has 2 fully saturated rings. The summed E-state index contributed by atoms with van der Waals surface area (Å²) in [4.78, 5) is 12.2. The van der Waals surface area contributed by atoms with Crippen LogP contribution in [-0.4, -0.2) is 69.5 Å². The summed E-state index contributed by atoms with van der Waals surface area (Å²) in [5.74, 6) is 0.959. The van der Waals surface area contributed by atoms with Crippen LogP contribution in [-0.2, 0) is 11.3 Å². The Balaban J connectivity index is 1.35. The maximum Gasteiger partial charge on any atom is 0.185 e. The number of aromatic nitrogens is 1. The Bertz CT molecular complexity index is 732. The van der Waals surface area contributed by atoms with Crippen LogP contribution in [0, 0.1) is 0 Å². The zero-order chi connectivity index (χ0) is 18.5. The van der Waals surface area contributed by atoms with Gasteiger partial charge in [0, 0.05) is 51.2 Å². The summed E-state index contributed by atoms with van der Waals surface area (Å²) < 4.78 is 11.0. The van der Waals surface area contributed by atoms with Crippen LogP contribution in [0.2, 0.25) is 0 Å². The van der Waals surface area contributed by atoms with E-state index in [0.717, 1.165) is 76.3 Å². The zero-order valence-electron chi connectivity index (χ0n) is 16.0. The number of hydrogen-bond donors (Lipinski definition) is 0. The van der Waals surface area contributed by atoms with E-state index in [1.807, 2.05) is 12.1 Å². The molecule has 0 unspecified atom stereocenters. The maximum absolute atomic E-state index is 5.54. The molecule has 0 N–H and O–H groups in total. The van der Waals surface area contributed by atoms with Gasteiger partial charge in [-0.2, -0.15) is 0 Å². The third-order valence-electron chi connectivity index (χ3n) is 5.22. The highest BCUT2D eigenvalue weighted by Gasteiger charge is 2.19. The van der Waals surface area contributed by atoms with E-state index in [9.17, 15) is 0 Å². The first-order chi connectivity index (χ1) is 13.3. The topological polar surface area (TPSA) is 41.1 Å². The summed E-state index contributed by atoms with van der Waals surface area (Å²) in [6.07, 6.45) is 1.15. The average molecular weight is 389 g/mol. The monoisotopic (exact) mass is 388 g/mol. The van der Waals surface area contributed by atoms with Crippen LogP contribution < -0.4 is 14.5 Å². The number of morpholine rings is 1. The third kappa shape index (κ3) is 4.54. The van der Waals surface area contributed by atoms with Crippen molar-refractivity contribution in [1.82, 2.24) is 9.88 Å². The van der Waals surface area contributed by atoms with Gasteiger partial charge in [0.1, 0.15) is 5.75 Å². The van der Waals surface area contributed by atoms with Crippen LogP contribution in [0.4, 0.5) is 10.8 Å². The van der Waals surface area contributed by atoms with Crippen molar-refractivity contribution >= 4 is 22.2 Å². The highest BCUT2D eigenvalue weighted by molar-refractivity contribution is 7.13. The van der Waals surface area contributed by atoms with Crippen LogP contribution in [0.15, 0.2) is 29.6 Å². The Hall–Kier alpha value is -1.83. The molecule has 7 heteroatoms. The molecule has 0 radical (unpaired) electrons. The lowest BCUT2D eigenvalue weighted by molar-refractivity contribution is 0.122. The molecule has 2 aliphatic heterocycles. The van der Waals surface area contributed by atoms with E-state index in [2.05, 4.69) is 32.2 Å². The largest absolute Gasteiger partial charge is 0.495 e. The Morgan fingerprint density at radius 2 is 1.89 bits per heavy atom. The van der Waals surface area contributed by atoms with E-state index < -0.39 is 0 Å². The lowest BCUT2D eigenvalue weighted by Gasteiger charge is -2.26. The molecule has 2 saturated heterocycles. The normalized spacial score (nSPS) is 19.1. The van der Waals surface area contributed by atoms with Gasteiger partial charge in [-0.1, -0.05) is 12.1 Å². The minimum Gasteiger partial charge on any atom is -0.495 e. The second-order valence-electron chi connectivity index (χ2n) is 7.01. The zero-order valence-corrected chi connectivity index (χ0v) is 16.8. The van der Waals surface area contributed by atoms with Gasteiger partial charge in [-0.05, 0) is 18.6 Å². The molecule has 0 aliphatic carbocycles. The first-order valence-electron chi connectivity index (χ1n) is 9.71. The number of thiazole rings is 1. The predicted molar refractivity (Wildman–Crippen MR) is 110 cm³/mol. The van der Waals surface area contributed by atoms with Crippen molar-refractivity contribution in [3.8, 4) is 5.75 Å². The summed E-state index contributed by atoms with van der Waals surface area (Å²) in [6, 6.07) is 8.31. The van der Waals surface area contributed by atoms with Crippen molar-refractivity contribution in [2.45, 2.75) is 13.0 Å². The Morgan fingerprint density at radius 3 is 2.74 bits per heavy atom. The fraction of sp³-hybridized carbons (Fsp3) is 0.550. The number of rotatable bonds is 5. The van der Waals surface area contributed by atoms with Crippen LogP contribution >= 0.6 is 11.3 Å². The molecule has 27 heavy (non-hydrogen) atoms. The van der Waals surface area contributed by atoms with Crippen molar-refractivity contribution < 1.29 is 9.47 Å². The molecule has 3 heterocycles. The van der Waals surface area contributed by atoms with E-state index in [-0.39, 0.29) is 0 Å². The molecular weight excluding hydrogens is 360 g/mol. The molecule has 0 spiro atoms. The SMILES string of the molecule is COc1ccccc1N1CCCN(Cc2csc(N3CCOCC3)n2)CC1. The molecular formula is C20H28N4O2S. The van der Waals surface area contributed by atoms with Gasteiger partial charge in [-0.3, -0.25) is 4.90 Å². The third-order valence-corrected chi connectivity index (χ3v) is 6.17. The lowest BCUT2D eigenvalue weighted by Crippen LogP contribution is -2.36. The van der Waals surface area contributed by atoms with E-state index in [1.165, 1.54) is 11.4 Å². The Morgan fingerprint density at radius 1 is 1.04 bits per heavy atom. The quantitative estimate of drug-likeness (QED) is 0.785. The smallest absolute Gasteiger partial charge is 0.185 e. The highest BCUT2D eigenvalue weighted by atomic mass is 32.1. The number of methoxy groups -OCH3 is 1. The number of ether oxygens (including phenoxy) is 2. The first kappa shape index (κ1) is 18.5. The molecule has 1 aromatic carbocycles. The van der Waals surface area contributed by atoms with Crippen molar-refractivity contribution in [2.24, 2.45) is 0 Å². The van der Waals surface area contributed by atoms with E-state index in [0.29, 0.717) is 0 Å². The molecule has 4 rings (SSSR count). The summed E-state index contributed by atoms with van der Waals surface area (Å²) in [6.45, 7) is 8.67. The number of para-hydroxylation sites is 2. The van der Waals surface area contributed by atoms with Crippen LogP contribution in [0.1, 0.15) is 12.1 Å². The number of hydrogen-bond acceptors (Lipinski definition) is 7. The second-order valence-corrected chi connectivity index (χ2v) is 7.85. The minimum absolute atomic E-state index is 0.805. The summed E-state index contributed by atoms with van der Waals surface area (Å²) in [5, 5.41) is 3.35. The predicted octanol–water partition coefficient (Wildman–Crippen LogP) is 2.70. The fourth-order valence-electron chi connectivity index (χ4n) is 3.76. The molecule has 0 amide bonds. The molecule has 0 atom stereocenters. The first-order valence-corrected chi connectivity index (χ1v) is 10.6. The summed E-state index contributed by atoms with van der Waals surface area (Å²) in [7, 11) is 1.75.